The van der Waals surface area contributed by atoms with Crippen LogP contribution in [0.4, 0.5) is 4.39 Å². The van der Waals surface area contributed by atoms with Gasteiger partial charge in [-0.1, -0.05) is 32.4 Å². The van der Waals surface area contributed by atoms with Crippen LogP contribution < -0.4 is 11.1 Å². The third-order valence-corrected chi connectivity index (χ3v) is 5.28. The summed E-state index contributed by atoms with van der Waals surface area (Å²) in [7, 11) is 0. The lowest BCUT2D eigenvalue weighted by atomic mass is 9.98. The van der Waals surface area contributed by atoms with Crippen LogP contribution in [0.25, 0.3) is 0 Å². The number of amides is 2. The molecule has 2 atom stereocenters. The molecule has 134 valence electrons. The fourth-order valence-electron chi connectivity index (χ4n) is 2.45. The van der Waals surface area contributed by atoms with Crippen LogP contribution in [0.1, 0.15) is 46.2 Å². The van der Waals surface area contributed by atoms with Crippen LogP contribution in [0.2, 0.25) is 0 Å². The highest BCUT2D eigenvalue weighted by Gasteiger charge is 2.26. The normalized spacial score (nSPS) is 13.3. The minimum absolute atomic E-state index is 0.0478. The van der Waals surface area contributed by atoms with Gasteiger partial charge in [0.1, 0.15) is 16.7 Å². The van der Waals surface area contributed by atoms with Gasteiger partial charge in [0, 0.05) is 6.42 Å². The topological polar surface area (TPSA) is 85.1 Å². The highest BCUT2D eigenvalue weighted by molar-refractivity contribution is 7.13. The van der Waals surface area contributed by atoms with E-state index in [1.165, 1.54) is 23.5 Å². The quantitative estimate of drug-likeness (QED) is 0.793. The number of carbonyl (C=O) groups is 2. The molecule has 1 aromatic heterocycles. The smallest absolute Gasteiger partial charge is 0.263 e. The zero-order valence-electron chi connectivity index (χ0n) is 14.5. The van der Waals surface area contributed by atoms with Gasteiger partial charge >= 0.3 is 0 Å². The van der Waals surface area contributed by atoms with E-state index in [-0.39, 0.29) is 17.6 Å². The lowest BCUT2D eigenvalue weighted by Crippen LogP contribution is -2.48. The lowest BCUT2D eigenvalue weighted by molar-refractivity contribution is -0.120. The van der Waals surface area contributed by atoms with E-state index in [0.29, 0.717) is 17.0 Å². The molecule has 0 saturated carbocycles. The van der Waals surface area contributed by atoms with Crippen molar-refractivity contribution in [1.82, 2.24) is 10.3 Å². The van der Waals surface area contributed by atoms with Gasteiger partial charge < -0.3 is 11.1 Å². The van der Waals surface area contributed by atoms with Gasteiger partial charge in [0.05, 0.1) is 10.7 Å². The lowest BCUT2D eigenvalue weighted by Gasteiger charge is -2.20. The van der Waals surface area contributed by atoms with Crippen molar-refractivity contribution >= 4 is 23.2 Å². The Labute approximate surface area is 150 Å². The molecule has 2 aromatic rings. The molecule has 0 bridgehead atoms. The van der Waals surface area contributed by atoms with Crippen LogP contribution in [0.3, 0.4) is 0 Å². The third-order valence-electron chi connectivity index (χ3n) is 4.12. The number of benzene rings is 1. The molecule has 7 heteroatoms. The van der Waals surface area contributed by atoms with Gasteiger partial charge in [-0.3, -0.25) is 9.59 Å². The molecular formula is C18H22FN3O2S. The first-order valence-corrected chi connectivity index (χ1v) is 8.94. The molecule has 0 fully saturated rings. The molecule has 0 saturated heterocycles. The van der Waals surface area contributed by atoms with Crippen molar-refractivity contribution in [2.75, 3.05) is 0 Å². The highest BCUT2D eigenvalue weighted by Crippen LogP contribution is 2.21. The number of aryl methyl sites for hydroxylation is 1. The zero-order chi connectivity index (χ0) is 18.6. The molecular weight excluding hydrogens is 341 g/mol. The van der Waals surface area contributed by atoms with Crippen LogP contribution in [-0.4, -0.2) is 22.8 Å². The standard InChI is InChI=1S/C18H22FN3O2S/c1-4-10(2)15(17(20)23)22-18(24)16-11(3)21-14(25-16)9-12-5-7-13(19)8-6-12/h5-8,10,15H,4,9H2,1-3H3,(H2,20,23)(H,22,24). The number of aromatic nitrogens is 1. The van der Waals surface area contributed by atoms with Gasteiger partial charge in [-0.25, -0.2) is 9.37 Å². The summed E-state index contributed by atoms with van der Waals surface area (Å²) in [6, 6.07) is 5.47. The molecule has 1 aromatic carbocycles. The molecule has 2 rings (SSSR count). The van der Waals surface area contributed by atoms with E-state index < -0.39 is 11.9 Å². The van der Waals surface area contributed by atoms with E-state index in [1.807, 2.05) is 13.8 Å². The number of hydrogen-bond donors (Lipinski definition) is 2. The van der Waals surface area contributed by atoms with E-state index in [4.69, 9.17) is 5.73 Å². The highest BCUT2D eigenvalue weighted by atomic mass is 32.1. The Morgan fingerprint density at radius 2 is 1.96 bits per heavy atom. The maximum Gasteiger partial charge on any atom is 0.263 e. The Balaban J connectivity index is 2.14. The van der Waals surface area contributed by atoms with Gasteiger partial charge in [0.15, 0.2) is 0 Å². The monoisotopic (exact) mass is 363 g/mol. The number of nitrogens with one attached hydrogen (secondary N) is 1. The number of rotatable bonds is 7. The van der Waals surface area contributed by atoms with E-state index in [1.54, 1.807) is 19.1 Å². The molecule has 25 heavy (non-hydrogen) atoms. The number of nitrogens with two attached hydrogens (primary N) is 1. The van der Waals surface area contributed by atoms with Crippen LogP contribution in [-0.2, 0) is 11.2 Å². The predicted molar refractivity (Wildman–Crippen MR) is 96.0 cm³/mol. The summed E-state index contributed by atoms with van der Waals surface area (Å²) in [5.74, 6) is -1.23. The molecule has 2 unspecified atom stereocenters. The average molecular weight is 363 g/mol. The van der Waals surface area contributed by atoms with E-state index in [9.17, 15) is 14.0 Å². The van der Waals surface area contributed by atoms with E-state index in [0.717, 1.165) is 17.0 Å². The molecule has 0 aliphatic carbocycles. The minimum Gasteiger partial charge on any atom is -0.368 e. The van der Waals surface area contributed by atoms with Crippen LogP contribution in [0.15, 0.2) is 24.3 Å². The Morgan fingerprint density at radius 1 is 1.32 bits per heavy atom. The number of nitrogens with zero attached hydrogens (tertiary/aromatic N) is 1. The van der Waals surface area contributed by atoms with Gasteiger partial charge in [-0.15, -0.1) is 11.3 Å². The molecule has 1 heterocycles. The van der Waals surface area contributed by atoms with Gasteiger partial charge in [-0.05, 0) is 30.5 Å². The van der Waals surface area contributed by atoms with Crippen LogP contribution >= 0.6 is 11.3 Å². The maximum atomic E-state index is 13.0. The minimum atomic E-state index is -0.709. The van der Waals surface area contributed by atoms with Crippen molar-refractivity contribution in [3.63, 3.8) is 0 Å². The molecule has 3 N–H and O–H groups in total. The Bertz CT molecular complexity index is 758. The maximum absolute atomic E-state index is 13.0. The van der Waals surface area contributed by atoms with E-state index >= 15 is 0 Å². The number of thiazole rings is 1. The number of carbonyl (C=O) groups excluding carboxylic acids is 2. The summed E-state index contributed by atoms with van der Waals surface area (Å²) in [4.78, 5) is 29.0. The largest absolute Gasteiger partial charge is 0.368 e. The van der Waals surface area contributed by atoms with E-state index in [2.05, 4.69) is 10.3 Å². The molecule has 0 aliphatic rings. The Kier molecular flexibility index (Phi) is 6.25. The van der Waals surface area contributed by atoms with Crippen molar-refractivity contribution < 1.29 is 14.0 Å². The molecule has 0 aliphatic heterocycles. The first-order valence-electron chi connectivity index (χ1n) is 8.12. The fourth-order valence-corrected chi connectivity index (χ4v) is 3.45. The second-order valence-electron chi connectivity index (χ2n) is 6.06. The first-order chi connectivity index (χ1) is 11.8. The molecule has 0 radical (unpaired) electrons. The Morgan fingerprint density at radius 3 is 2.52 bits per heavy atom. The number of halogens is 1. The van der Waals surface area contributed by atoms with Gasteiger partial charge in [-0.2, -0.15) is 0 Å². The first kappa shape index (κ1) is 19.1. The zero-order valence-corrected chi connectivity index (χ0v) is 15.3. The number of hydrogen-bond acceptors (Lipinski definition) is 4. The van der Waals surface area contributed by atoms with Crippen molar-refractivity contribution in [3.8, 4) is 0 Å². The predicted octanol–water partition coefficient (Wildman–Crippen LogP) is 2.81. The van der Waals surface area contributed by atoms with Gasteiger partial charge in [0.25, 0.3) is 5.91 Å². The van der Waals surface area contributed by atoms with Crippen molar-refractivity contribution in [3.05, 3.63) is 51.2 Å². The summed E-state index contributed by atoms with van der Waals surface area (Å²) in [5, 5.41) is 3.47. The van der Waals surface area contributed by atoms with Crippen LogP contribution in [0.5, 0.6) is 0 Å². The Hall–Kier alpha value is -2.28. The molecule has 2 amide bonds. The number of primary amides is 1. The van der Waals surface area contributed by atoms with Crippen LogP contribution in [0, 0.1) is 18.7 Å². The summed E-state index contributed by atoms with van der Waals surface area (Å²) in [6.45, 7) is 5.56. The summed E-state index contributed by atoms with van der Waals surface area (Å²) in [6.07, 6.45) is 1.25. The fraction of sp³-hybridized carbons (Fsp3) is 0.389. The second-order valence-corrected chi connectivity index (χ2v) is 7.15. The van der Waals surface area contributed by atoms with Crippen molar-refractivity contribution in [2.45, 2.75) is 39.7 Å². The summed E-state index contributed by atoms with van der Waals surface area (Å²) >= 11 is 1.27. The van der Waals surface area contributed by atoms with Crippen molar-refractivity contribution in [2.24, 2.45) is 11.7 Å². The third kappa shape index (κ3) is 4.85. The van der Waals surface area contributed by atoms with Gasteiger partial charge in [0.2, 0.25) is 5.91 Å². The SMILES string of the molecule is CCC(C)C(NC(=O)c1sc(Cc2ccc(F)cc2)nc1C)C(N)=O. The summed E-state index contributed by atoms with van der Waals surface area (Å²) < 4.78 is 13.0. The van der Waals surface area contributed by atoms with Crippen molar-refractivity contribution in [1.29, 1.82) is 0 Å². The second kappa shape index (κ2) is 8.20. The average Bonchev–Trinajstić information content (AvgIpc) is 2.94. The summed E-state index contributed by atoms with van der Waals surface area (Å²) in [5.41, 5.74) is 6.92. The molecule has 0 spiro atoms. The molecule has 5 nitrogen and oxygen atoms in total.